The van der Waals surface area contributed by atoms with Crippen LogP contribution in [0.5, 0.6) is 0 Å². The number of halogens is 2. The quantitative estimate of drug-likeness (QED) is 0.943. The Morgan fingerprint density at radius 3 is 3.06 bits per heavy atom. The third kappa shape index (κ3) is 2.92. The molecule has 0 bridgehead atoms. The summed E-state index contributed by atoms with van der Waals surface area (Å²) in [5.74, 6) is 0.921. The number of oxazole rings is 1. The number of rotatable bonds is 4. The molecule has 17 heavy (non-hydrogen) atoms. The fraction of sp³-hybridized carbons (Fsp3) is 0.250. The van der Waals surface area contributed by atoms with Crippen molar-refractivity contribution in [3.05, 3.63) is 40.6 Å². The second-order valence-corrected chi connectivity index (χ2v) is 4.45. The van der Waals surface area contributed by atoms with Crippen LogP contribution in [0.3, 0.4) is 0 Å². The second-order valence-electron chi connectivity index (χ2n) is 3.60. The fourth-order valence-electron chi connectivity index (χ4n) is 1.47. The van der Waals surface area contributed by atoms with Gasteiger partial charge in [-0.1, -0.05) is 15.9 Å². The minimum atomic E-state index is -0.295. The summed E-state index contributed by atoms with van der Waals surface area (Å²) in [5.41, 5.74) is 0.674. The van der Waals surface area contributed by atoms with Crippen molar-refractivity contribution in [2.75, 3.05) is 13.6 Å². The Kier molecular flexibility index (Phi) is 3.91. The molecule has 0 aliphatic heterocycles. The summed E-state index contributed by atoms with van der Waals surface area (Å²) in [6, 6.07) is 4.47. The van der Waals surface area contributed by atoms with E-state index < -0.39 is 0 Å². The Labute approximate surface area is 107 Å². The van der Waals surface area contributed by atoms with Crippen molar-refractivity contribution in [3.63, 3.8) is 0 Å². The molecule has 2 aromatic rings. The fourth-order valence-corrected chi connectivity index (χ4v) is 1.91. The summed E-state index contributed by atoms with van der Waals surface area (Å²) < 4.78 is 19.5. The van der Waals surface area contributed by atoms with E-state index in [0.29, 0.717) is 23.6 Å². The van der Waals surface area contributed by atoms with Crippen LogP contribution in [0, 0.1) is 5.82 Å². The molecule has 0 aliphatic carbocycles. The van der Waals surface area contributed by atoms with Crippen molar-refractivity contribution in [2.45, 2.75) is 6.42 Å². The predicted octanol–water partition coefficient (Wildman–Crippen LogP) is 3.01. The lowest BCUT2D eigenvalue weighted by atomic mass is 10.2. The van der Waals surface area contributed by atoms with Crippen molar-refractivity contribution in [1.29, 1.82) is 0 Å². The minimum Gasteiger partial charge on any atom is -0.441 e. The number of hydrogen-bond acceptors (Lipinski definition) is 3. The average Bonchev–Trinajstić information content (AvgIpc) is 2.78. The Hall–Kier alpha value is -1.20. The van der Waals surface area contributed by atoms with E-state index in [9.17, 15) is 4.39 Å². The largest absolute Gasteiger partial charge is 0.441 e. The molecule has 0 spiro atoms. The zero-order valence-corrected chi connectivity index (χ0v) is 10.9. The summed E-state index contributed by atoms with van der Waals surface area (Å²) in [6.07, 6.45) is 2.33. The molecule has 3 nitrogen and oxygen atoms in total. The Morgan fingerprint density at radius 2 is 2.29 bits per heavy atom. The molecule has 1 aromatic heterocycles. The number of nitrogens with zero attached hydrogens (tertiary/aromatic N) is 1. The van der Waals surface area contributed by atoms with E-state index in [1.54, 1.807) is 12.3 Å². The lowest BCUT2D eigenvalue weighted by Gasteiger charge is -2.00. The maximum atomic E-state index is 13.1. The van der Waals surface area contributed by atoms with Gasteiger partial charge in [0.1, 0.15) is 5.82 Å². The standard InChI is InChI=1S/C12H12BrFN2O/c1-15-5-4-12-16-7-11(17-12)9-6-8(14)2-3-10(9)13/h2-3,6-7,15H,4-5H2,1H3. The molecule has 0 radical (unpaired) electrons. The monoisotopic (exact) mass is 298 g/mol. The van der Waals surface area contributed by atoms with E-state index in [4.69, 9.17) is 4.42 Å². The summed E-state index contributed by atoms with van der Waals surface area (Å²) in [5, 5.41) is 3.02. The first-order chi connectivity index (χ1) is 8.20. The molecule has 5 heteroatoms. The molecule has 0 aliphatic rings. The molecule has 0 saturated carbocycles. The van der Waals surface area contributed by atoms with Crippen LogP contribution in [0.1, 0.15) is 5.89 Å². The Bertz CT molecular complexity index is 513. The molecule has 0 saturated heterocycles. The predicted molar refractivity (Wildman–Crippen MR) is 67.2 cm³/mol. The molecule has 0 fully saturated rings. The van der Waals surface area contributed by atoms with Crippen LogP contribution in [0.4, 0.5) is 4.39 Å². The first-order valence-corrected chi connectivity index (χ1v) is 6.04. The number of nitrogens with one attached hydrogen (secondary N) is 1. The van der Waals surface area contributed by atoms with E-state index in [1.807, 2.05) is 7.05 Å². The topological polar surface area (TPSA) is 38.1 Å². The highest BCUT2D eigenvalue weighted by atomic mass is 79.9. The van der Waals surface area contributed by atoms with Gasteiger partial charge in [0.05, 0.1) is 6.20 Å². The third-order valence-corrected chi connectivity index (χ3v) is 3.03. The highest BCUT2D eigenvalue weighted by Crippen LogP contribution is 2.29. The summed E-state index contributed by atoms with van der Waals surface area (Å²) in [4.78, 5) is 4.15. The minimum absolute atomic E-state index is 0.295. The van der Waals surface area contributed by atoms with Gasteiger partial charge in [-0.3, -0.25) is 0 Å². The number of likely N-dealkylation sites (N-methyl/N-ethyl adjacent to an activating group) is 1. The van der Waals surface area contributed by atoms with Crippen molar-refractivity contribution in [3.8, 4) is 11.3 Å². The van der Waals surface area contributed by atoms with E-state index in [0.717, 1.165) is 11.0 Å². The molecule has 2 rings (SSSR count). The van der Waals surface area contributed by atoms with Gasteiger partial charge in [-0.25, -0.2) is 9.37 Å². The van der Waals surface area contributed by atoms with Gasteiger partial charge in [0.25, 0.3) is 0 Å². The maximum Gasteiger partial charge on any atom is 0.196 e. The van der Waals surface area contributed by atoms with Crippen molar-refractivity contribution in [2.24, 2.45) is 0 Å². The van der Waals surface area contributed by atoms with Crippen molar-refractivity contribution < 1.29 is 8.81 Å². The SMILES string of the molecule is CNCCc1ncc(-c2cc(F)ccc2Br)o1. The van der Waals surface area contributed by atoms with Crippen LogP contribution < -0.4 is 5.32 Å². The van der Waals surface area contributed by atoms with Crippen LogP contribution in [0.25, 0.3) is 11.3 Å². The van der Waals surface area contributed by atoms with E-state index in [2.05, 4.69) is 26.2 Å². The van der Waals surface area contributed by atoms with Gasteiger partial charge in [0.2, 0.25) is 0 Å². The van der Waals surface area contributed by atoms with Crippen LogP contribution >= 0.6 is 15.9 Å². The van der Waals surface area contributed by atoms with Gasteiger partial charge in [-0.15, -0.1) is 0 Å². The van der Waals surface area contributed by atoms with Crippen molar-refractivity contribution >= 4 is 15.9 Å². The highest BCUT2D eigenvalue weighted by molar-refractivity contribution is 9.10. The van der Waals surface area contributed by atoms with Crippen LogP contribution in [0.15, 0.2) is 33.3 Å². The van der Waals surface area contributed by atoms with Gasteiger partial charge in [-0.05, 0) is 25.2 Å². The van der Waals surface area contributed by atoms with Gasteiger partial charge < -0.3 is 9.73 Å². The van der Waals surface area contributed by atoms with E-state index >= 15 is 0 Å². The lowest BCUT2D eigenvalue weighted by Crippen LogP contribution is -2.10. The molecular formula is C12H12BrFN2O. The van der Waals surface area contributed by atoms with Gasteiger partial charge in [0.15, 0.2) is 11.7 Å². The molecule has 0 unspecified atom stereocenters. The molecule has 0 amide bonds. The number of aromatic nitrogens is 1. The number of benzene rings is 1. The molecule has 1 N–H and O–H groups in total. The van der Waals surface area contributed by atoms with E-state index in [-0.39, 0.29) is 5.82 Å². The van der Waals surface area contributed by atoms with Gasteiger partial charge >= 0.3 is 0 Å². The summed E-state index contributed by atoms with van der Waals surface area (Å²) in [6.45, 7) is 0.796. The van der Waals surface area contributed by atoms with Gasteiger partial charge in [-0.2, -0.15) is 0 Å². The highest BCUT2D eigenvalue weighted by Gasteiger charge is 2.10. The average molecular weight is 299 g/mol. The molecule has 1 aromatic carbocycles. The zero-order valence-electron chi connectivity index (χ0n) is 9.34. The van der Waals surface area contributed by atoms with Crippen LogP contribution in [0.2, 0.25) is 0 Å². The normalized spacial score (nSPS) is 10.8. The van der Waals surface area contributed by atoms with Crippen molar-refractivity contribution in [1.82, 2.24) is 10.3 Å². The lowest BCUT2D eigenvalue weighted by molar-refractivity contribution is 0.500. The van der Waals surface area contributed by atoms with Crippen LogP contribution in [-0.4, -0.2) is 18.6 Å². The molecule has 90 valence electrons. The molecular weight excluding hydrogens is 287 g/mol. The second kappa shape index (κ2) is 5.42. The number of hydrogen-bond donors (Lipinski definition) is 1. The zero-order chi connectivity index (χ0) is 12.3. The first kappa shape index (κ1) is 12.3. The summed E-state index contributed by atoms with van der Waals surface area (Å²) >= 11 is 3.36. The smallest absolute Gasteiger partial charge is 0.196 e. The van der Waals surface area contributed by atoms with Gasteiger partial charge in [0, 0.05) is 23.0 Å². The molecule has 0 atom stereocenters. The molecule has 1 heterocycles. The Balaban J connectivity index is 2.27. The first-order valence-electron chi connectivity index (χ1n) is 5.25. The Morgan fingerprint density at radius 1 is 1.47 bits per heavy atom. The summed E-state index contributed by atoms with van der Waals surface area (Å²) in [7, 11) is 1.87. The van der Waals surface area contributed by atoms with Crippen LogP contribution in [-0.2, 0) is 6.42 Å². The van der Waals surface area contributed by atoms with E-state index in [1.165, 1.54) is 12.1 Å². The third-order valence-electron chi connectivity index (χ3n) is 2.34. The maximum absolute atomic E-state index is 13.1.